The maximum absolute atomic E-state index is 14.0. The number of aliphatic hydroxyl groups is 1. The lowest BCUT2D eigenvalue weighted by atomic mass is 9.77. The molecule has 2 aromatic carbocycles. The highest BCUT2D eigenvalue weighted by Gasteiger charge is 2.59. The van der Waals surface area contributed by atoms with Crippen molar-refractivity contribution in [1.82, 2.24) is 4.98 Å². The van der Waals surface area contributed by atoms with E-state index in [4.69, 9.17) is 28.3 Å². The molecule has 0 saturated carbocycles. The van der Waals surface area contributed by atoms with Crippen LogP contribution in [0.4, 0.5) is 17.6 Å². The van der Waals surface area contributed by atoms with Gasteiger partial charge in [0.2, 0.25) is 0 Å². The van der Waals surface area contributed by atoms with E-state index in [1.54, 1.807) is 0 Å². The Balaban J connectivity index is 2.06. The Kier molecular flexibility index (Phi) is 6.51. The predicted octanol–water partition coefficient (Wildman–Crippen LogP) is 6.45. The minimum absolute atomic E-state index is 0.00851. The van der Waals surface area contributed by atoms with E-state index in [0.717, 1.165) is 30.5 Å². The third-order valence-corrected chi connectivity index (χ3v) is 5.76. The zero-order valence-electron chi connectivity index (χ0n) is 16.3. The number of pyridine rings is 1. The first-order valence-corrected chi connectivity index (χ1v) is 9.85. The molecule has 10 heteroatoms. The second kappa shape index (κ2) is 8.69. The van der Waals surface area contributed by atoms with E-state index < -0.39 is 40.6 Å². The lowest BCUT2D eigenvalue weighted by molar-refractivity contribution is -0.274. The van der Waals surface area contributed by atoms with Crippen molar-refractivity contribution in [2.24, 2.45) is 0 Å². The van der Waals surface area contributed by atoms with E-state index >= 15 is 0 Å². The van der Waals surface area contributed by atoms with Crippen LogP contribution in [0.2, 0.25) is 10.2 Å². The van der Waals surface area contributed by atoms with Gasteiger partial charge in [0.05, 0.1) is 5.56 Å². The van der Waals surface area contributed by atoms with Crippen LogP contribution in [-0.2, 0) is 5.60 Å². The zero-order valence-corrected chi connectivity index (χ0v) is 17.8. The van der Waals surface area contributed by atoms with Crippen LogP contribution in [0.25, 0.3) is 11.1 Å². The van der Waals surface area contributed by atoms with Crippen molar-refractivity contribution in [1.29, 1.82) is 0 Å². The molecule has 1 heterocycles. The van der Waals surface area contributed by atoms with Crippen molar-refractivity contribution < 1.29 is 32.6 Å². The maximum atomic E-state index is 14.0. The Labute approximate surface area is 190 Å². The molecule has 2 N–H and O–H groups in total. The summed E-state index contributed by atoms with van der Waals surface area (Å²) in [5.74, 6) is -3.95. The minimum Gasteiger partial charge on any atom is -0.478 e. The number of nitrogens with zero attached hydrogens (tertiary/aromatic N) is 1. The number of alkyl halides is 3. The number of carboxylic acid groups (broad SMARTS) is 1. The Hall–Kier alpha value is -2.68. The SMILES string of the molecule is C[C@H](c1ccc(-c2ccc(C(=O)O)c(F)c2)cc1Cl)[C@@](O)(c1ccnc(Cl)c1)C(F)(F)F. The first-order chi connectivity index (χ1) is 14.9. The molecule has 2 atom stereocenters. The molecule has 0 aliphatic carbocycles. The normalized spacial score (nSPS) is 14.6. The Morgan fingerprint density at radius 2 is 1.66 bits per heavy atom. The summed E-state index contributed by atoms with van der Waals surface area (Å²) in [7, 11) is 0. The maximum Gasteiger partial charge on any atom is 0.422 e. The minimum atomic E-state index is -5.07. The molecule has 0 fully saturated rings. The molecule has 0 unspecified atom stereocenters. The molecule has 0 aliphatic rings. The highest BCUT2D eigenvalue weighted by molar-refractivity contribution is 6.31. The van der Waals surface area contributed by atoms with Gasteiger partial charge in [0.1, 0.15) is 11.0 Å². The van der Waals surface area contributed by atoms with Crippen LogP contribution >= 0.6 is 23.2 Å². The van der Waals surface area contributed by atoms with Gasteiger partial charge in [-0.2, -0.15) is 13.2 Å². The van der Waals surface area contributed by atoms with Crippen molar-refractivity contribution in [2.45, 2.75) is 24.6 Å². The van der Waals surface area contributed by atoms with Crippen LogP contribution in [0, 0.1) is 5.82 Å². The Bertz CT molecular complexity index is 1190. The average Bonchev–Trinajstić information content (AvgIpc) is 2.71. The molecule has 0 amide bonds. The number of hydrogen-bond donors (Lipinski definition) is 2. The van der Waals surface area contributed by atoms with E-state index in [0.29, 0.717) is 5.56 Å². The summed E-state index contributed by atoms with van der Waals surface area (Å²) < 4.78 is 56.1. The topological polar surface area (TPSA) is 70.4 Å². The van der Waals surface area contributed by atoms with Crippen molar-refractivity contribution in [2.75, 3.05) is 0 Å². The van der Waals surface area contributed by atoms with Crippen LogP contribution in [0.3, 0.4) is 0 Å². The van der Waals surface area contributed by atoms with E-state index in [2.05, 4.69) is 4.98 Å². The van der Waals surface area contributed by atoms with Gasteiger partial charge < -0.3 is 10.2 Å². The van der Waals surface area contributed by atoms with Gasteiger partial charge in [-0.1, -0.05) is 48.3 Å². The molecular weight excluding hydrogens is 473 g/mol. The van der Waals surface area contributed by atoms with Crippen LogP contribution in [0.5, 0.6) is 0 Å². The summed E-state index contributed by atoms with van der Waals surface area (Å²) in [4.78, 5) is 14.6. The molecular formula is C22H15Cl2F4NO3. The molecule has 0 saturated heterocycles. The summed E-state index contributed by atoms with van der Waals surface area (Å²) in [6, 6.07) is 9.39. The van der Waals surface area contributed by atoms with Gasteiger partial charge in [0.15, 0.2) is 5.60 Å². The molecule has 168 valence electrons. The lowest BCUT2D eigenvalue weighted by Crippen LogP contribution is -2.46. The van der Waals surface area contributed by atoms with Gasteiger partial charge in [-0.15, -0.1) is 0 Å². The zero-order chi connectivity index (χ0) is 23.8. The van der Waals surface area contributed by atoms with Crippen LogP contribution in [0.1, 0.15) is 34.3 Å². The van der Waals surface area contributed by atoms with Crippen LogP contribution in [-0.4, -0.2) is 27.3 Å². The van der Waals surface area contributed by atoms with E-state index in [1.165, 1.54) is 31.2 Å². The van der Waals surface area contributed by atoms with Crippen LogP contribution < -0.4 is 0 Å². The quantitative estimate of drug-likeness (QED) is 0.320. The molecule has 0 radical (unpaired) electrons. The summed E-state index contributed by atoms with van der Waals surface area (Å²) in [5.41, 5.74) is -3.71. The van der Waals surface area contributed by atoms with Crippen LogP contribution in [0.15, 0.2) is 54.7 Å². The van der Waals surface area contributed by atoms with E-state index in [9.17, 15) is 27.5 Å². The number of benzene rings is 2. The number of aromatic carboxylic acids is 1. The third kappa shape index (κ3) is 4.30. The van der Waals surface area contributed by atoms with E-state index in [-0.39, 0.29) is 21.3 Å². The number of halogens is 6. The van der Waals surface area contributed by atoms with Gasteiger partial charge in [-0.05, 0) is 52.6 Å². The second-order valence-corrected chi connectivity index (χ2v) is 7.88. The molecule has 32 heavy (non-hydrogen) atoms. The van der Waals surface area contributed by atoms with Gasteiger partial charge in [0.25, 0.3) is 0 Å². The monoisotopic (exact) mass is 487 g/mol. The molecule has 3 aromatic rings. The molecule has 1 aromatic heterocycles. The number of carboxylic acids is 1. The standard InChI is InChI=1S/C22H15Cl2F4NO3/c1-11(21(32,22(26,27)28)14-6-7-29-19(24)10-14)15-4-2-12(8-17(15)23)13-3-5-16(20(30)31)18(25)9-13/h2-11,32H,1H3,(H,30,31)/t11-,21-/m1/s1. The average molecular weight is 488 g/mol. The van der Waals surface area contributed by atoms with Crippen molar-refractivity contribution in [3.8, 4) is 11.1 Å². The smallest absolute Gasteiger partial charge is 0.422 e. The lowest BCUT2D eigenvalue weighted by Gasteiger charge is -2.37. The van der Waals surface area contributed by atoms with Gasteiger partial charge >= 0.3 is 12.1 Å². The molecule has 3 rings (SSSR count). The highest BCUT2D eigenvalue weighted by atomic mass is 35.5. The summed E-state index contributed by atoms with van der Waals surface area (Å²) in [6.45, 7) is 1.17. The number of hydrogen-bond acceptors (Lipinski definition) is 3. The summed E-state index contributed by atoms with van der Waals surface area (Å²) in [5, 5.41) is 19.4. The summed E-state index contributed by atoms with van der Waals surface area (Å²) >= 11 is 12.0. The first kappa shape index (κ1) is 24.0. The number of aromatic nitrogens is 1. The number of carbonyl (C=O) groups is 1. The highest BCUT2D eigenvalue weighted by Crippen LogP contribution is 2.50. The van der Waals surface area contributed by atoms with Crippen molar-refractivity contribution >= 4 is 29.2 Å². The fourth-order valence-corrected chi connectivity index (χ4v) is 3.97. The van der Waals surface area contributed by atoms with Crippen molar-refractivity contribution in [3.63, 3.8) is 0 Å². The summed E-state index contributed by atoms with van der Waals surface area (Å²) in [6.07, 6.45) is -4.02. The van der Waals surface area contributed by atoms with Gasteiger partial charge in [-0.3, -0.25) is 0 Å². The number of rotatable bonds is 5. The van der Waals surface area contributed by atoms with E-state index in [1.807, 2.05) is 0 Å². The molecule has 0 spiro atoms. The van der Waals surface area contributed by atoms with Crippen molar-refractivity contribution in [3.05, 3.63) is 87.4 Å². The third-order valence-electron chi connectivity index (χ3n) is 5.23. The Morgan fingerprint density at radius 1 is 1.03 bits per heavy atom. The largest absolute Gasteiger partial charge is 0.478 e. The van der Waals surface area contributed by atoms with Gasteiger partial charge in [-0.25, -0.2) is 14.2 Å². The second-order valence-electron chi connectivity index (χ2n) is 7.09. The molecule has 4 nitrogen and oxygen atoms in total. The van der Waals surface area contributed by atoms with Gasteiger partial charge in [0, 0.05) is 17.1 Å². The fraction of sp³-hybridized carbons (Fsp3) is 0.182. The fourth-order valence-electron chi connectivity index (χ4n) is 3.45. The molecule has 0 aliphatic heterocycles. The first-order valence-electron chi connectivity index (χ1n) is 9.10. The Morgan fingerprint density at radius 3 is 2.19 bits per heavy atom. The molecule has 0 bridgehead atoms. The predicted molar refractivity (Wildman–Crippen MR) is 111 cm³/mol.